The van der Waals surface area contributed by atoms with Crippen molar-refractivity contribution in [3.63, 3.8) is 0 Å². The predicted molar refractivity (Wildman–Crippen MR) is 139 cm³/mol. The van der Waals surface area contributed by atoms with Gasteiger partial charge in [0.1, 0.15) is 0 Å². The van der Waals surface area contributed by atoms with Crippen molar-refractivity contribution in [1.29, 1.82) is 0 Å². The second-order valence-electron chi connectivity index (χ2n) is 9.02. The van der Waals surface area contributed by atoms with Crippen LogP contribution in [0.2, 0.25) is 0 Å². The van der Waals surface area contributed by atoms with E-state index in [9.17, 15) is 9.59 Å². The van der Waals surface area contributed by atoms with Crippen molar-refractivity contribution in [2.45, 2.75) is 155 Å². The summed E-state index contributed by atoms with van der Waals surface area (Å²) in [7, 11) is 0. The average Bonchev–Trinajstić information content (AvgIpc) is 2.81. The summed E-state index contributed by atoms with van der Waals surface area (Å²) in [5, 5.41) is 0. The van der Waals surface area contributed by atoms with Crippen LogP contribution in [0.3, 0.4) is 0 Å². The van der Waals surface area contributed by atoms with E-state index < -0.39 is 0 Å². The average molecular weight is 451 g/mol. The maximum absolute atomic E-state index is 9.81. The topological polar surface area (TPSA) is 58.9 Å². The van der Waals surface area contributed by atoms with Gasteiger partial charge in [-0.1, -0.05) is 142 Å². The molecule has 0 aliphatic rings. The Bertz CT molecular complexity index is 427. The Morgan fingerprint density at radius 1 is 0.375 bits per heavy atom. The zero-order valence-corrected chi connectivity index (χ0v) is 21.7. The van der Waals surface area contributed by atoms with E-state index in [-0.39, 0.29) is 0 Å². The highest BCUT2D eigenvalue weighted by Crippen LogP contribution is 2.12. The van der Waals surface area contributed by atoms with Crippen LogP contribution >= 0.6 is 0 Å². The van der Waals surface area contributed by atoms with Crippen LogP contribution in [0.25, 0.3) is 0 Å². The van der Waals surface area contributed by atoms with E-state index in [0.29, 0.717) is 13.1 Å². The van der Waals surface area contributed by atoms with Gasteiger partial charge in [-0.05, 0) is 12.8 Å². The third-order valence-corrected chi connectivity index (χ3v) is 5.88. The highest BCUT2D eigenvalue weighted by molar-refractivity contribution is 5.32. The molecule has 188 valence electrons. The van der Waals surface area contributed by atoms with Gasteiger partial charge in [-0.3, -0.25) is 0 Å². The lowest BCUT2D eigenvalue weighted by Gasteiger charge is -2.01. The fraction of sp³-hybridized carbons (Fsp3) is 0.929. The molecule has 0 radical (unpaired) electrons. The molecule has 0 aromatic carbocycles. The van der Waals surface area contributed by atoms with Crippen molar-refractivity contribution in [2.24, 2.45) is 9.98 Å². The number of aliphatic imine (C=N–C) groups is 2. The van der Waals surface area contributed by atoms with E-state index in [0.717, 1.165) is 12.8 Å². The Morgan fingerprint density at radius 2 is 0.594 bits per heavy atom. The Labute approximate surface area is 200 Å². The van der Waals surface area contributed by atoms with Crippen LogP contribution in [0.15, 0.2) is 9.98 Å². The molecule has 0 aliphatic heterocycles. The van der Waals surface area contributed by atoms with Crippen LogP contribution < -0.4 is 0 Å². The molecule has 0 bridgehead atoms. The van der Waals surface area contributed by atoms with Crippen LogP contribution in [0, 0.1) is 0 Å². The lowest BCUT2D eigenvalue weighted by molar-refractivity contribution is 0.543. The normalized spacial score (nSPS) is 10.1. The molecule has 4 heteroatoms. The molecule has 0 spiro atoms. The summed E-state index contributed by atoms with van der Waals surface area (Å²) in [5.41, 5.74) is 0. The summed E-state index contributed by atoms with van der Waals surface area (Å²) in [4.78, 5) is 26.7. The van der Waals surface area contributed by atoms with Gasteiger partial charge in [0, 0.05) is 0 Å². The molecular formula is C28H54N2O2. The molecule has 0 fully saturated rings. The first-order chi connectivity index (χ1) is 15.8. The van der Waals surface area contributed by atoms with Crippen molar-refractivity contribution >= 4 is 12.2 Å². The van der Waals surface area contributed by atoms with Gasteiger partial charge in [-0.2, -0.15) is 0 Å². The van der Waals surface area contributed by atoms with E-state index in [4.69, 9.17) is 0 Å². The van der Waals surface area contributed by atoms with E-state index in [1.807, 2.05) is 0 Å². The number of hydrogen-bond acceptors (Lipinski definition) is 4. The molecule has 32 heavy (non-hydrogen) atoms. The number of unbranched alkanes of at least 4 members (excludes halogenated alkanes) is 20. The molecule has 0 rings (SSSR count). The molecule has 0 aromatic rings. The lowest BCUT2D eigenvalue weighted by Crippen LogP contribution is -1.84. The maximum atomic E-state index is 9.81. The van der Waals surface area contributed by atoms with Gasteiger partial charge in [0.2, 0.25) is 12.2 Å². The number of rotatable bonds is 24. The van der Waals surface area contributed by atoms with Gasteiger partial charge in [0.15, 0.2) is 0 Å². The molecular weight excluding hydrogens is 396 g/mol. The molecule has 0 amide bonds. The maximum Gasteiger partial charge on any atom is 0.234 e. The van der Waals surface area contributed by atoms with Crippen molar-refractivity contribution in [1.82, 2.24) is 0 Å². The van der Waals surface area contributed by atoms with Crippen molar-refractivity contribution in [3.05, 3.63) is 0 Å². The highest BCUT2D eigenvalue weighted by Gasteiger charge is 1.93. The first-order valence-corrected chi connectivity index (χ1v) is 13.9. The Balaban J connectivity index is 0. The molecule has 0 N–H and O–H groups in total. The Kier molecular flexibility index (Phi) is 35.4. The molecule has 0 saturated carbocycles. The second-order valence-corrected chi connectivity index (χ2v) is 9.02. The first-order valence-electron chi connectivity index (χ1n) is 13.9. The Hall–Kier alpha value is -1.24. The fourth-order valence-corrected chi connectivity index (χ4v) is 3.80. The lowest BCUT2D eigenvalue weighted by atomic mass is 10.1. The summed E-state index contributed by atoms with van der Waals surface area (Å²) in [6.45, 7) is 5.85. The number of hydrogen-bond donors (Lipinski definition) is 0. The molecule has 0 atom stereocenters. The van der Waals surface area contributed by atoms with Crippen LogP contribution in [-0.2, 0) is 9.59 Å². The molecule has 0 saturated heterocycles. The minimum atomic E-state index is 0.667. The van der Waals surface area contributed by atoms with Gasteiger partial charge in [-0.25, -0.2) is 19.6 Å². The van der Waals surface area contributed by atoms with E-state index in [1.54, 1.807) is 12.2 Å². The van der Waals surface area contributed by atoms with Crippen LogP contribution in [-0.4, -0.2) is 25.2 Å². The quantitative estimate of drug-likeness (QED) is 0.0835. The van der Waals surface area contributed by atoms with Gasteiger partial charge < -0.3 is 0 Å². The van der Waals surface area contributed by atoms with Gasteiger partial charge in [0.25, 0.3) is 0 Å². The fourth-order valence-electron chi connectivity index (χ4n) is 3.80. The SMILES string of the molecule is CCCCCCCCCCCCCCN=C=O.CCCCCCCCCCCCN=C=O. The molecule has 0 aromatic heterocycles. The first kappa shape index (κ1) is 32.9. The van der Waals surface area contributed by atoms with E-state index in [2.05, 4.69) is 23.8 Å². The molecule has 0 unspecified atom stereocenters. The summed E-state index contributed by atoms with van der Waals surface area (Å²) in [5.74, 6) is 0. The van der Waals surface area contributed by atoms with Gasteiger partial charge in [0.05, 0.1) is 13.1 Å². The van der Waals surface area contributed by atoms with Crippen LogP contribution in [0.5, 0.6) is 0 Å². The van der Waals surface area contributed by atoms with E-state index >= 15 is 0 Å². The summed E-state index contributed by atoms with van der Waals surface area (Å²) >= 11 is 0. The van der Waals surface area contributed by atoms with Crippen molar-refractivity contribution in [2.75, 3.05) is 13.1 Å². The highest BCUT2D eigenvalue weighted by atomic mass is 16.1. The molecule has 0 heterocycles. The van der Waals surface area contributed by atoms with Gasteiger partial charge in [-0.15, -0.1) is 0 Å². The summed E-state index contributed by atoms with van der Waals surface area (Å²) in [6.07, 6.45) is 32.5. The molecule has 4 nitrogen and oxygen atoms in total. The zero-order chi connectivity index (χ0) is 23.8. The van der Waals surface area contributed by atoms with Crippen LogP contribution in [0.1, 0.15) is 155 Å². The minimum absolute atomic E-state index is 0.667. The van der Waals surface area contributed by atoms with Gasteiger partial charge >= 0.3 is 0 Å². The van der Waals surface area contributed by atoms with Crippen molar-refractivity contribution in [3.8, 4) is 0 Å². The van der Waals surface area contributed by atoms with Crippen LogP contribution in [0.4, 0.5) is 0 Å². The smallest absolute Gasteiger partial charge is 0.211 e. The summed E-state index contributed by atoms with van der Waals surface area (Å²) < 4.78 is 0. The number of nitrogens with zero attached hydrogens (tertiary/aromatic N) is 2. The van der Waals surface area contributed by atoms with E-state index in [1.165, 1.54) is 128 Å². The van der Waals surface area contributed by atoms with Crippen molar-refractivity contribution < 1.29 is 9.59 Å². The largest absolute Gasteiger partial charge is 0.234 e. The molecule has 0 aliphatic carbocycles. The monoisotopic (exact) mass is 450 g/mol. The third-order valence-electron chi connectivity index (χ3n) is 5.88. The minimum Gasteiger partial charge on any atom is -0.211 e. The second kappa shape index (κ2) is 34.4. The summed E-state index contributed by atoms with van der Waals surface area (Å²) in [6, 6.07) is 0. The number of carbonyl (C=O) groups excluding carboxylic acids is 2. The Morgan fingerprint density at radius 3 is 0.812 bits per heavy atom. The third kappa shape index (κ3) is 36.2. The predicted octanol–water partition coefficient (Wildman–Crippen LogP) is 9.27. The zero-order valence-electron chi connectivity index (χ0n) is 21.7. The number of isocyanates is 2. The standard InChI is InChI=1S/C15H29NO.C13H25NO/c1-2-3-4-5-6-7-8-9-10-11-12-13-14-16-15-17;1-2-3-4-5-6-7-8-9-10-11-12-14-13-15/h2-14H2,1H3;2-12H2,1H3.